The highest BCUT2D eigenvalue weighted by atomic mass is 32.1. The van der Waals surface area contributed by atoms with E-state index in [2.05, 4.69) is 0 Å². The Hall–Kier alpha value is -3.78. The van der Waals surface area contributed by atoms with Gasteiger partial charge in [0.2, 0.25) is 0 Å². The van der Waals surface area contributed by atoms with E-state index in [4.69, 9.17) is 4.74 Å². The Balaban J connectivity index is 1.37. The van der Waals surface area contributed by atoms with Crippen molar-refractivity contribution >= 4 is 40.7 Å². The number of likely N-dealkylation sites (N-methyl/N-ethyl adjacent to an activating group) is 1. The topological polar surface area (TPSA) is 84.0 Å². The van der Waals surface area contributed by atoms with Crippen molar-refractivity contribution in [1.29, 1.82) is 0 Å². The molecule has 0 aliphatic carbocycles. The van der Waals surface area contributed by atoms with Crippen LogP contribution in [-0.2, 0) is 16.1 Å². The summed E-state index contributed by atoms with van der Waals surface area (Å²) in [6, 6.07) is 14.5. The van der Waals surface area contributed by atoms with Gasteiger partial charge in [0.05, 0.1) is 22.4 Å². The molecular weight excluding hydrogens is 416 g/mol. The maximum absolute atomic E-state index is 12.6. The van der Waals surface area contributed by atoms with Crippen molar-refractivity contribution in [3.63, 3.8) is 0 Å². The van der Waals surface area contributed by atoms with E-state index in [1.54, 1.807) is 42.6 Å². The summed E-state index contributed by atoms with van der Waals surface area (Å²) in [7, 11) is 1.64. The van der Waals surface area contributed by atoms with Crippen molar-refractivity contribution in [3.05, 3.63) is 87.6 Å². The van der Waals surface area contributed by atoms with E-state index in [1.807, 2.05) is 16.8 Å². The molecule has 0 atom stereocenters. The molecule has 0 spiro atoms. The molecule has 7 nitrogen and oxygen atoms in total. The fourth-order valence-electron chi connectivity index (χ4n) is 3.24. The number of amides is 3. The van der Waals surface area contributed by atoms with Gasteiger partial charge in [-0.3, -0.25) is 14.4 Å². The summed E-state index contributed by atoms with van der Waals surface area (Å²) in [4.78, 5) is 52.1. The molecule has 2 heterocycles. The minimum absolute atomic E-state index is 0.216. The van der Waals surface area contributed by atoms with Crippen molar-refractivity contribution < 1.29 is 23.9 Å². The molecule has 156 valence electrons. The average Bonchev–Trinajstić information content (AvgIpc) is 3.38. The van der Waals surface area contributed by atoms with Gasteiger partial charge in [-0.25, -0.2) is 9.69 Å². The first-order valence-electron chi connectivity index (χ1n) is 9.46. The smallest absolute Gasteiger partial charge is 0.338 e. The van der Waals surface area contributed by atoms with Gasteiger partial charge in [-0.2, -0.15) is 11.3 Å². The monoisotopic (exact) mass is 434 g/mol. The largest absolute Gasteiger partial charge is 0.452 e. The van der Waals surface area contributed by atoms with E-state index in [1.165, 1.54) is 29.2 Å². The van der Waals surface area contributed by atoms with Crippen LogP contribution in [-0.4, -0.2) is 42.2 Å². The number of hydrogen-bond acceptors (Lipinski definition) is 6. The summed E-state index contributed by atoms with van der Waals surface area (Å²) in [5.74, 6) is -1.79. The number of benzene rings is 2. The molecular formula is C23H18N2O5S. The van der Waals surface area contributed by atoms with E-state index in [-0.39, 0.29) is 18.1 Å². The molecule has 3 amide bonds. The van der Waals surface area contributed by atoms with E-state index in [9.17, 15) is 19.2 Å². The molecule has 4 rings (SSSR count). The van der Waals surface area contributed by atoms with Gasteiger partial charge in [0, 0.05) is 13.6 Å². The standard InChI is InChI=1S/C23H18N2O5S/c1-24(12-15-10-11-31-14-15)20(26)13-30-23(29)16-6-8-17(9-7-16)25-21(27)18-4-2-3-5-19(18)22(25)28/h2-11,14H,12-13H2,1H3. The fraction of sp³-hybridized carbons (Fsp3) is 0.130. The Morgan fingerprint density at radius 1 is 0.968 bits per heavy atom. The lowest BCUT2D eigenvalue weighted by Gasteiger charge is -2.16. The molecule has 0 unspecified atom stereocenters. The van der Waals surface area contributed by atoms with Gasteiger partial charge < -0.3 is 9.64 Å². The number of carbonyl (C=O) groups excluding carboxylic acids is 4. The van der Waals surface area contributed by atoms with Crippen LogP contribution in [0, 0.1) is 0 Å². The molecule has 0 saturated heterocycles. The molecule has 2 aromatic carbocycles. The van der Waals surface area contributed by atoms with Gasteiger partial charge in [0.1, 0.15) is 0 Å². The number of imide groups is 1. The van der Waals surface area contributed by atoms with Crippen LogP contribution in [0.1, 0.15) is 36.6 Å². The van der Waals surface area contributed by atoms with Crippen LogP contribution in [0.2, 0.25) is 0 Å². The summed E-state index contributed by atoms with van der Waals surface area (Å²) in [5.41, 5.74) is 2.28. The highest BCUT2D eigenvalue weighted by Crippen LogP contribution is 2.28. The predicted molar refractivity (Wildman–Crippen MR) is 115 cm³/mol. The number of carbonyl (C=O) groups is 4. The first-order valence-corrected chi connectivity index (χ1v) is 10.4. The van der Waals surface area contributed by atoms with Gasteiger partial charge in [-0.15, -0.1) is 0 Å². The number of rotatable bonds is 6. The number of ether oxygens (including phenoxy) is 1. The van der Waals surface area contributed by atoms with Crippen molar-refractivity contribution in [2.45, 2.75) is 6.54 Å². The highest BCUT2D eigenvalue weighted by Gasteiger charge is 2.36. The van der Waals surface area contributed by atoms with Crippen LogP contribution in [0.3, 0.4) is 0 Å². The zero-order chi connectivity index (χ0) is 22.0. The molecule has 1 aliphatic heterocycles. The van der Waals surface area contributed by atoms with Crippen molar-refractivity contribution in [1.82, 2.24) is 4.90 Å². The first-order chi connectivity index (χ1) is 15.0. The quantitative estimate of drug-likeness (QED) is 0.439. The molecule has 1 aromatic heterocycles. The normalized spacial score (nSPS) is 12.6. The SMILES string of the molecule is CN(Cc1ccsc1)C(=O)COC(=O)c1ccc(N2C(=O)c3ccccc3C2=O)cc1. The van der Waals surface area contributed by atoms with Gasteiger partial charge in [-0.05, 0) is 58.8 Å². The lowest BCUT2D eigenvalue weighted by atomic mass is 10.1. The Bertz CT molecular complexity index is 1120. The zero-order valence-electron chi connectivity index (χ0n) is 16.6. The van der Waals surface area contributed by atoms with Gasteiger partial charge in [0.25, 0.3) is 17.7 Å². The first kappa shape index (κ1) is 20.5. The summed E-state index contributed by atoms with van der Waals surface area (Å²) in [6.07, 6.45) is 0. The summed E-state index contributed by atoms with van der Waals surface area (Å²) >= 11 is 1.55. The van der Waals surface area contributed by atoms with E-state index in [0.29, 0.717) is 23.4 Å². The molecule has 31 heavy (non-hydrogen) atoms. The fourth-order valence-corrected chi connectivity index (χ4v) is 3.90. The van der Waals surface area contributed by atoms with Crippen molar-refractivity contribution in [2.24, 2.45) is 0 Å². The summed E-state index contributed by atoms with van der Waals surface area (Å²) < 4.78 is 5.11. The van der Waals surface area contributed by atoms with Gasteiger partial charge >= 0.3 is 5.97 Å². The molecule has 8 heteroatoms. The molecule has 0 radical (unpaired) electrons. The van der Waals surface area contributed by atoms with Crippen molar-refractivity contribution in [2.75, 3.05) is 18.6 Å². The van der Waals surface area contributed by atoms with E-state index < -0.39 is 17.8 Å². The minimum Gasteiger partial charge on any atom is -0.452 e. The predicted octanol–water partition coefficient (Wildman–Crippen LogP) is 3.36. The molecule has 0 N–H and O–H groups in total. The molecule has 0 fully saturated rings. The second-order valence-electron chi connectivity index (χ2n) is 7.00. The third kappa shape index (κ3) is 4.10. The third-order valence-electron chi connectivity index (χ3n) is 4.91. The number of hydrogen-bond donors (Lipinski definition) is 0. The Labute approximate surface area is 182 Å². The molecule has 1 aliphatic rings. The third-order valence-corrected chi connectivity index (χ3v) is 5.64. The summed E-state index contributed by atoms with van der Waals surface area (Å²) in [6.45, 7) is 0.0640. The van der Waals surface area contributed by atoms with Crippen LogP contribution >= 0.6 is 11.3 Å². The van der Waals surface area contributed by atoms with Gasteiger partial charge in [-0.1, -0.05) is 12.1 Å². The molecule has 0 bridgehead atoms. The molecule has 0 saturated carbocycles. The Morgan fingerprint density at radius 3 is 2.19 bits per heavy atom. The number of anilines is 1. The minimum atomic E-state index is -0.661. The number of thiophene rings is 1. The maximum atomic E-state index is 12.6. The Kier molecular flexibility index (Phi) is 5.64. The second kappa shape index (κ2) is 8.53. The van der Waals surface area contributed by atoms with Crippen LogP contribution in [0.25, 0.3) is 0 Å². The highest BCUT2D eigenvalue weighted by molar-refractivity contribution is 7.07. The maximum Gasteiger partial charge on any atom is 0.338 e. The number of fused-ring (bicyclic) bond motifs is 1. The zero-order valence-corrected chi connectivity index (χ0v) is 17.4. The lowest BCUT2D eigenvalue weighted by Crippen LogP contribution is -2.30. The second-order valence-corrected chi connectivity index (χ2v) is 7.78. The van der Waals surface area contributed by atoms with Crippen molar-refractivity contribution in [3.8, 4) is 0 Å². The van der Waals surface area contributed by atoms with Gasteiger partial charge in [0.15, 0.2) is 6.61 Å². The lowest BCUT2D eigenvalue weighted by molar-refractivity contribution is -0.133. The summed E-state index contributed by atoms with van der Waals surface area (Å²) in [5, 5.41) is 3.88. The number of esters is 1. The van der Waals surface area contributed by atoms with Crippen LogP contribution in [0.4, 0.5) is 5.69 Å². The number of nitrogens with zero attached hydrogens (tertiary/aromatic N) is 2. The van der Waals surface area contributed by atoms with E-state index in [0.717, 1.165) is 10.5 Å². The van der Waals surface area contributed by atoms with Crippen LogP contribution in [0.15, 0.2) is 65.4 Å². The molecule has 3 aromatic rings. The average molecular weight is 434 g/mol. The van der Waals surface area contributed by atoms with Crippen LogP contribution in [0.5, 0.6) is 0 Å². The Morgan fingerprint density at radius 2 is 1.61 bits per heavy atom. The van der Waals surface area contributed by atoms with Crippen LogP contribution < -0.4 is 4.90 Å². The van der Waals surface area contributed by atoms with E-state index >= 15 is 0 Å².